The molecule has 5 aromatic carbocycles. The van der Waals surface area contributed by atoms with Gasteiger partial charge in [-0.3, -0.25) is 0 Å². The van der Waals surface area contributed by atoms with E-state index in [1.165, 1.54) is 60.7 Å². The van der Waals surface area contributed by atoms with Gasteiger partial charge in [-0.25, -0.2) is 4.85 Å². The van der Waals surface area contributed by atoms with Crippen molar-refractivity contribution in [1.82, 2.24) is 0 Å². The average molecular weight is 819 g/mol. The van der Waals surface area contributed by atoms with E-state index < -0.39 is 90.4 Å². The number of benzene rings is 5. The van der Waals surface area contributed by atoms with Crippen molar-refractivity contribution in [3.05, 3.63) is 186 Å². The maximum absolute atomic E-state index is 16.4. The molecule has 0 heterocycles. The fourth-order valence-electron chi connectivity index (χ4n) is 7.89. The Labute approximate surface area is 348 Å². The van der Waals surface area contributed by atoms with Gasteiger partial charge in [-0.1, -0.05) is 60.7 Å². The number of nitrogens with zero attached hydrogens (tertiary/aromatic N) is 8. The molecular weight excluding hydrogens is 803 g/mol. The lowest BCUT2D eigenvalue weighted by Gasteiger charge is -2.25. The zero-order valence-corrected chi connectivity index (χ0v) is 31.1. The van der Waals surface area contributed by atoms with E-state index in [0.29, 0.717) is 0 Å². The van der Waals surface area contributed by atoms with Crippen molar-refractivity contribution in [1.29, 1.82) is 36.8 Å². The number of hydrogen-bond donors (Lipinski definition) is 0. The first-order chi connectivity index (χ1) is 29.7. The number of rotatable bonds is 4. The summed E-state index contributed by atoms with van der Waals surface area (Å²) in [4.78, 5) is 3.51. The van der Waals surface area contributed by atoms with Gasteiger partial charge in [0.25, 0.3) is 0 Å². The van der Waals surface area contributed by atoms with Gasteiger partial charge in [0, 0.05) is 27.8 Å². The predicted molar refractivity (Wildman–Crippen MR) is 212 cm³/mol. The third-order valence-electron chi connectivity index (χ3n) is 10.1. The fourth-order valence-corrected chi connectivity index (χ4v) is 7.89. The minimum atomic E-state index is -5.67. The van der Waals surface area contributed by atoms with Gasteiger partial charge in [0.2, 0.25) is 5.70 Å². The summed E-state index contributed by atoms with van der Waals surface area (Å²) in [6, 6.07) is 32.7. The summed E-state index contributed by atoms with van der Waals surface area (Å²) in [6.07, 6.45) is -11.3. The van der Waals surface area contributed by atoms with E-state index in [9.17, 15) is 36.8 Å². The zero-order valence-electron chi connectivity index (χ0n) is 31.1. The number of alkyl halides is 6. The summed E-state index contributed by atoms with van der Waals surface area (Å²) < 4.78 is 98.3. The monoisotopic (exact) mass is 818 g/mol. The van der Waals surface area contributed by atoms with Crippen LogP contribution in [0.4, 0.5) is 26.3 Å². The second-order valence-corrected chi connectivity index (χ2v) is 13.4. The topological polar surface area (TPSA) is 171 Å². The highest BCUT2D eigenvalue weighted by atomic mass is 19.4. The van der Waals surface area contributed by atoms with E-state index >= 15 is 26.3 Å². The molecule has 0 aromatic heterocycles. The molecule has 62 heavy (non-hydrogen) atoms. The van der Waals surface area contributed by atoms with Crippen LogP contribution >= 0.6 is 0 Å². The van der Waals surface area contributed by atoms with Gasteiger partial charge in [0.15, 0.2) is 0 Å². The van der Waals surface area contributed by atoms with E-state index in [4.69, 9.17) is 6.57 Å². The molecule has 2 aliphatic carbocycles. The lowest BCUT2D eigenvalue weighted by atomic mass is 9.80. The minimum Gasteiger partial charge on any atom is -0.237 e. The standard InChI is InChI=1S/C48H16F6N8/c1-62-46(32-16-27(20-57)13-28(17-32)21-58)43-37(30-10-6-3-7-11-30)35(24-61)40-42(43)45(48(52,53)54)39-34(23-60)36(29-8-4-2-5-9-29)38(41(39)44(40)47(49,50)51)33(22-59)31-14-25(18-55)12-26(15-31)19-56/h2-17H/b38-33+,46-43-. The summed E-state index contributed by atoms with van der Waals surface area (Å²) in [6.45, 7) is 8.33. The first-order valence-electron chi connectivity index (χ1n) is 17.7. The van der Waals surface area contributed by atoms with Crippen LogP contribution in [0, 0.1) is 85.9 Å². The largest absolute Gasteiger partial charge is 0.417 e. The Balaban J connectivity index is 1.87. The second-order valence-electron chi connectivity index (χ2n) is 13.4. The molecule has 0 radical (unpaired) electrons. The average Bonchev–Trinajstić information content (AvgIpc) is 3.78. The van der Waals surface area contributed by atoms with Crippen molar-refractivity contribution in [2.45, 2.75) is 12.4 Å². The summed E-state index contributed by atoms with van der Waals surface area (Å²) in [5.74, 6) is 0. The zero-order chi connectivity index (χ0) is 44.7. The molecule has 2 aliphatic rings. The van der Waals surface area contributed by atoms with Crippen LogP contribution < -0.4 is 0 Å². The summed E-state index contributed by atoms with van der Waals surface area (Å²) >= 11 is 0. The SMILES string of the molecule is [C-]#[N+]/C(=C1/C(c2ccccc2)=C(C#N)c2c1c(C(F)(F)F)c1c(c2C(F)(F)F)/C(=C(\C#N)c2cc(C#N)cc(C#N)c2)C(c2ccccc2)=C1C#N)c1cc(C#N)cc(C#N)c1. The molecule has 14 heteroatoms. The quantitative estimate of drug-likeness (QED) is 0.0986. The number of allylic oxidation sites excluding steroid dienone is 7. The van der Waals surface area contributed by atoms with Crippen LogP contribution in [0.15, 0.2) is 97.1 Å². The van der Waals surface area contributed by atoms with E-state index in [1.54, 1.807) is 42.5 Å². The normalized spacial score (nSPS) is 14.4. The smallest absolute Gasteiger partial charge is 0.237 e. The Bertz CT molecular complexity index is 3040. The van der Waals surface area contributed by atoms with Crippen molar-refractivity contribution in [3.8, 4) is 42.5 Å². The number of nitriles is 7. The van der Waals surface area contributed by atoms with Gasteiger partial charge in [-0.2, -0.15) is 63.2 Å². The molecule has 0 bridgehead atoms. The van der Waals surface area contributed by atoms with Gasteiger partial charge in [-0.05, 0) is 75.4 Å². The van der Waals surface area contributed by atoms with Crippen LogP contribution in [-0.2, 0) is 12.4 Å². The molecule has 0 amide bonds. The van der Waals surface area contributed by atoms with Gasteiger partial charge in [-0.15, -0.1) is 0 Å². The molecule has 0 saturated carbocycles. The number of hydrogen-bond acceptors (Lipinski definition) is 7. The molecule has 0 fully saturated rings. The highest BCUT2D eigenvalue weighted by Crippen LogP contribution is 2.63. The molecule has 0 atom stereocenters. The number of fused-ring (bicyclic) bond motifs is 2. The van der Waals surface area contributed by atoms with E-state index in [-0.39, 0.29) is 44.5 Å². The van der Waals surface area contributed by atoms with Gasteiger partial charge >= 0.3 is 12.4 Å². The van der Waals surface area contributed by atoms with Crippen LogP contribution in [0.2, 0.25) is 0 Å². The second kappa shape index (κ2) is 15.4. The Morgan fingerprint density at radius 2 is 0.839 bits per heavy atom. The van der Waals surface area contributed by atoms with Crippen LogP contribution in [0.3, 0.4) is 0 Å². The Kier molecular flexibility index (Phi) is 10.1. The minimum absolute atomic E-state index is 0.0818. The first-order valence-corrected chi connectivity index (χ1v) is 17.7. The Morgan fingerprint density at radius 3 is 1.18 bits per heavy atom. The molecule has 0 unspecified atom stereocenters. The van der Waals surface area contributed by atoms with Crippen LogP contribution in [-0.4, -0.2) is 0 Å². The third-order valence-corrected chi connectivity index (χ3v) is 10.1. The Hall–Kier alpha value is -9.44. The summed E-state index contributed by atoms with van der Waals surface area (Å²) in [5, 5.41) is 71.8. The number of halogens is 6. The highest BCUT2D eigenvalue weighted by molar-refractivity contribution is 6.35. The molecule has 290 valence electrons. The predicted octanol–water partition coefficient (Wildman–Crippen LogP) is 11.3. The Morgan fingerprint density at radius 1 is 0.468 bits per heavy atom. The molecule has 0 N–H and O–H groups in total. The van der Waals surface area contributed by atoms with Crippen molar-refractivity contribution in [2.24, 2.45) is 0 Å². The van der Waals surface area contributed by atoms with Gasteiger partial charge in [0.05, 0.1) is 80.9 Å². The summed E-state index contributed by atoms with van der Waals surface area (Å²) in [7, 11) is 0. The third kappa shape index (κ3) is 6.47. The molecule has 0 aliphatic heterocycles. The highest BCUT2D eigenvalue weighted by Gasteiger charge is 2.54. The fraction of sp³-hybridized carbons (Fsp3) is 0.0417. The van der Waals surface area contributed by atoms with Crippen LogP contribution in [0.1, 0.15) is 77.9 Å². The molecule has 8 nitrogen and oxygen atoms in total. The maximum Gasteiger partial charge on any atom is 0.417 e. The molecular formula is C48H16F6N8. The lowest BCUT2D eigenvalue weighted by Crippen LogP contribution is -2.20. The maximum atomic E-state index is 16.4. The van der Waals surface area contributed by atoms with E-state index in [0.717, 1.165) is 36.4 Å². The molecule has 0 saturated heterocycles. The van der Waals surface area contributed by atoms with Crippen LogP contribution in [0.25, 0.3) is 49.6 Å². The van der Waals surface area contributed by atoms with Crippen molar-refractivity contribution < 1.29 is 26.3 Å². The molecule has 5 aromatic rings. The first kappa shape index (κ1) is 40.7. The van der Waals surface area contributed by atoms with Gasteiger partial charge < -0.3 is 0 Å². The molecule has 7 rings (SSSR count). The molecule has 0 spiro atoms. The van der Waals surface area contributed by atoms with Crippen LogP contribution in [0.5, 0.6) is 0 Å². The lowest BCUT2D eigenvalue weighted by molar-refractivity contribution is -0.141. The van der Waals surface area contributed by atoms with E-state index in [2.05, 4.69) is 4.85 Å². The van der Waals surface area contributed by atoms with Crippen molar-refractivity contribution in [3.63, 3.8) is 0 Å². The van der Waals surface area contributed by atoms with Gasteiger partial charge in [0.1, 0.15) is 18.2 Å². The van der Waals surface area contributed by atoms with Crippen molar-refractivity contribution >= 4 is 44.7 Å². The van der Waals surface area contributed by atoms with E-state index in [1.807, 2.05) is 0 Å². The van der Waals surface area contributed by atoms with Crippen molar-refractivity contribution in [2.75, 3.05) is 0 Å². The summed E-state index contributed by atoms with van der Waals surface area (Å²) in [5.41, 5.74) is -16.6.